The average Bonchev–Trinajstić information content (AvgIpc) is 2.41. The third-order valence-electron chi connectivity index (χ3n) is 3.90. The van der Waals surface area contributed by atoms with Crippen molar-refractivity contribution in [2.24, 2.45) is 0 Å². The number of piperidine rings is 1. The number of hydrogen-bond acceptors (Lipinski definition) is 5. The van der Waals surface area contributed by atoms with Crippen LogP contribution in [-0.2, 0) is 0 Å². The fraction of sp³-hybridized carbons (Fsp3) is 0.714. The summed E-state index contributed by atoms with van der Waals surface area (Å²) in [6, 6.07) is 0.701. The van der Waals surface area contributed by atoms with Gasteiger partial charge in [-0.1, -0.05) is 0 Å². The molecule has 2 heterocycles. The molecule has 1 saturated heterocycles. The van der Waals surface area contributed by atoms with Gasteiger partial charge in [0.2, 0.25) is 0 Å². The van der Waals surface area contributed by atoms with Crippen LogP contribution in [0.5, 0.6) is 0 Å². The van der Waals surface area contributed by atoms with Crippen molar-refractivity contribution in [2.75, 3.05) is 43.9 Å². The monoisotopic (exact) mass is 263 g/mol. The number of hydrogen-bond donors (Lipinski definition) is 1. The van der Waals surface area contributed by atoms with Crippen molar-refractivity contribution in [3.05, 3.63) is 11.9 Å². The van der Waals surface area contributed by atoms with E-state index in [0.717, 1.165) is 36.8 Å². The van der Waals surface area contributed by atoms with Crippen LogP contribution in [-0.4, -0.2) is 54.6 Å². The zero-order chi connectivity index (χ0) is 13.8. The van der Waals surface area contributed by atoms with Gasteiger partial charge in [-0.25, -0.2) is 9.97 Å². The van der Waals surface area contributed by atoms with Crippen LogP contribution in [0.1, 0.15) is 25.3 Å². The zero-order valence-corrected chi connectivity index (χ0v) is 12.5. The molecular formula is C14H25N5. The van der Waals surface area contributed by atoms with Crippen molar-refractivity contribution in [2.45, 2.75) is 32.7 Å². The summed E-state index contributed by atoms with van der Waals surface area (Å²) in [5.74, 6) is 2.05. The third-order valence-corrected chi connectivity index (χ3v) is 3.90. The van der Waals surface area contributed by atoms with Gasteiger partial charge < -0.3 is 15.1 Å². The Kier molecular flexibility index (Phi) is 4.58. The summed E-state index contributed by atoms with van der Waals surface area (Å²) in [6.07, 6.45) is 4.07. The lowest BCUT2D eigenvalue weighted by atomic mass is 10.0. The highest BCUT2D eigenvalue weighted by Crippen LogP contribution is 2.25. The van der Waals surface area contributed by atoms with E-state index in [9.17, 15) is 0 Å². The van der Waals surface area contributed by atoms with E-state index < -0.39 is 0 Å². The molecule has 1 aliphatic heterocycles. The topological polar surface area (TPSA) is 44.3 Å². The van der Waals surface area contributed by atoms with Crippen molar-refractivity contribution < 1.29 is 0 Å². The van der Waals surface area contributed by atoms with Gasteiger partial charge in [-0.3, -0.25) is 0 Å². The van der Waals surface area contributed by atoms with Gasteiger partial charge in [0.05, 0.1) is 0 Å². The van der Waals surface area contributed by atoms with Crippen molar-refractivity contribution in [3.8, 4) is 0 Å². The molecule has 0 saturated carbocycles. The minimum atomic E-state index is 0.701. The van der Waals surface area contributed by atoms with Gasteiger partial charge in [0.15, 0.2) is 0 Å². The molecule has 0 amide bonds. The zero-order valence-electron chi connectivity index (χ0n) is 12.5. The highest BCUT2D eigenvalue weighted by Gasteiger charge is 2.23. The number of aromatic nitrogens is 2. The van der Waals surface area contributed by atoms with Crippen LogP contribution in [0.4, 0.5) is 11.6 Å². The average molecular weight is 263 g/mol. The van der Waals surface area contributed by atoms with Gasteiger partial charge in [0.1, 0.15) is 18.0 Å². The van der Waals surface area contributed by atoms with Crippen LogP contribution in [0.25, 0.3) is 0 Å². The second kappa shape index (κ2) is 6.19. The molecular weight excluding hydrogens is 238 g/mol. The fourth-order valence-electron chi connectivity index (χ4n) is 2.70. The summed E-state index contributed by atoms with van der Waals surface area (Å²) >= 11 is 0. The van der Waals surface area contributed by atoms with E-state index in [1.54, 1.807) is 6.33 Å². The van der Waals surface area contributed by atoms with E-state index in [-0.39, 0.29) is 0 Å². The second-order valence-electron chi connectivity index (χ2n) is 5.38. The number of nitrogens with zero attached hydrogens (tertiary/aromatic N) is 4. The number of rotatable bonds is 4. The Bertz CT molecular complexity index is 410. The van der Waals surface area contributed by atoms with Gasteiger partial charge in [0.25, 0.3) is 0 Å². The summed E-state index contributed by atoms with van der Waals surface area (Å²) in [5, 5.41) is 3.30. The fourth-order valence-corrected chi connectivity index (χ4v) is 2.70. The Morgan fingerprint density at radius 1 is 1.32 bits per heavy atom. The van der Waals surface area contributed by atoms with Gasteiger partial charge in [-0.2, -0.15) is 0 Å². The Morgan fingerprint density at radius 2 is 2.00 bits per heavy atom. The summed E-state index contributed by atoms with van der Waals surface area (Å²) in [7, 11) is 4.33. The molecule has 0 aromatic carbocycles. The minimum Gasteiger partial charge on any atom is -0.370 e. The normalized spacial score (nSPS) is 17.0. The van der Waals surface area contributed by atoms with Crippen molar-refractivity contribution in [3.63, 3.8) is 0 Å². The van der Waals surface area contributed by atoms with Crippen LogP contribution < -0.4 is 10.2 Å². The molecule has 2 rings (SSSR count). The summed E-state index contributed by atoms with van der Waals surface area (Å²) in [4.78, 5) is 13.5. The maximum Gasteiger partial charge on any atom is 0.137 e. The summed E-state index contributed by atoms with van der Waals surface area (Å²) in [5.41, 5.74) is 1.16. The molecule has 19 heavy (non-hydrogen) atoms. The van der Waals surface area contributed by atoms with Crippen LogP contribution >= 0.6 is 0 Å². The molecule has 1 aromatic rings. The first kappa shape index (κ1) is 14.1. The number of nitrogens with one attached hydrogen (secondary N) is 1. The lowest BCUT2D eigenvalue weighted by molar-refractivity contribution is 0.249. The predicted octanol–water partition coefficient (Wildman–Crippen LogP) is 1.75. The standard InChI is InChI=1S/C14H25N5/c1-5-15-13-11(2)14(17-10-16-13)19-8-6-12(7-9-19)18(3)4/h10,12H,5-9H2,1-4H3,(H,15,16,17). The van der Waals surface area contributed by atoms with Crippen molar-refractivity contribution in [1.82, 2.24) is 14.9 Å². The molecule has 1 fully saturated rings. The van der Waals surface area contributed by atoms with Gasteiger partial charge in [0, 0.05) is 31.2 Å². The maximum atomic E-state index is 4.48. The van der Waals surface area contributed by atoms with Gasteiger partial charge in [-0.05, 0) is 40.8 Å². The molecule has 1 aromatic heterocycles. The van der Waals surface area contributed by atoms with Gasteiger partial charge in [-0.15, -0.1) is 0 Å². The Morgan fingerprint density at radius 3 is 2.58 bits per heavy atom. The van der Waals surface area contributed by atoms with Gasteiger partial charge >= 0.3 is 0 Å². The van der Waals surface area contributed by atoms with E-state index in [2.05, 4.69) is 53.0 Å². The Balaban J connectivity index is 2.09. The van der Waals surface area contributed by atoms with E-state index in [1.165, 1.54) is 12.8 Å². The van der Waals surface area contributed by atoms with Crippen molar-refractivity contribution in [1.29, 1.82) is 0 Å². The quantitative estimate of drug-likeness (QED) is 0.896. The summed E-state index contributed by atoms with van der Waals surface area (Å²) < 4.78 is 0. The van der Waals surface area contributed by atoms with Crippen LogP contribution in [0, 0.1) is 6.92 Å². The SMILES string of the molecule is CCNc1ncnc(N2CCC(N(C)C)CC2)c1C. The maximum absolute atomic E-state index is 4.48. The molecule has 0 radical (unpaired) electrons. The predicted molar refractivity (Wildman–Crippen MR) is 79.9 cm³/mol. The molecule has 1 aliphatic rings. The summed E-state index contributed by atoms with van der Waals surface area (Å²) in [6.45, 7) is 7.23. The molecule has 1 N–H and O–H groups in total. The second-order valence-corrected chi connectivity index (χ2v) is 5.38. The molecule has 106 valence electrons. The Hall–Kier alpha value is -1.36. The first-order chi connectivity index (χ1) is 9.13. The molecule has 5 heteroatoms. The lowest BCUT2D eigenvalue weighted by Gasteiger charge is -2.36. The minimum absolute atomic E-state index is 0.701. The molecule has 0 aliphatic carbocycles. The Labute approximate surface area is 116 Å². The third kappa shape index (κ3) is 3.15. The molecule has 0 bridgehead atoms. The van der Waals surface area contributed by atoms with Crippen LogP contribution in [0.15, 0.2) is 6.33 Å². The number of anilines is 2. The van der Waals surface area contributed by atoms with Crippen molar-refractivity contribution >= 4 is 11.6 Å². The molecule has 0 atom stereocenters. The molecule has 0 unspecified atom stereocenters. The first-order valence-electron chi connectivity index (χ1n) is 7.10. The first-order valence-corrected chi connectivity index (χ1v) is 7.10. The largest absolute Gasteiger partial charge is 0.370 e. The van der Waals surface area contributed by atoms with E-state index >= 15 is 0 Å². The van der Waals surface area contributed by atoms with Crippen LogP contribution in [0.3, 0.4) is 0 Å². The highest BCUT2D eigenvalue weighted by atomic mass is 15.2. The van der Waals surface area contributed by atoms with E-state index in [4.69, 9.17) is 0 Å². The van der Waals surface area contributed by atoms with E-state index in [1.807, 2.05) is 0 Å². The lowest BCUT2D eigenvalue weighted by Crippen LogP contribution is -2.42. The molecule has 5 nitrogen and oxygen atoms in total. The van der Waals surface area contributed by atoms with Crippen LogP contribution in [0.2, 0.25) is 0 Å². The van der Waals surface area contributed by atoms with E-state index in [0.29, 0.717) is 6.04 Å². The smallest absolute Gasteiger partial charge is 0.137 e. The molecule has 0 spiro atoms. The highest BCUT2D eigenvalue weighted by molar-refractivity contribution is 5.58.